The standard InChI is InChI=1S/C18H24N4O2/c1-14-17(12-20-21-14)15-5-4-6-16(11-15)24-13-18(23)19-7-10-22-8-2-3-9-22/h4-6,11-12H,2-3,7-10,13H2,1H3,(H,19,23)(H,20,21). The van der Waals surface area contributed by atoms with Gasteiger partial charge in [-0.1, -0.05) is 12.1 Å². The second-order valence-electron chi connectivity index (χ2n) is 6.12. The molecule has 1 fully saturated rings. The van der Waals surface area contributed by atoms with Crippen LogP contribution in [-0.4, -0.2) is 53.8 Å². The lowest BCUT2D eigenvalue weighted by Crippen LogP contribution is -2.35. The van der Waals surface area contributed by atoms with Crippen LogP contribution in [0.15, 0.2) is 30.5 Å². The summed E-state index contributed by atoms with van der Waals surface area (Å²) in [5, 5.41) is 9.87. The lowest BCUT2D eigenvalue weighted by Gasteiger charge is -2.14. The van der Waals surface area contributed by atoms with Gasteiger partial charge in [0.25, 0.3) is 5.91 Å². The van der Waals surface area contributed by atoms with Crippen LogP contribution in [0.3, 0.4) is 0 Å². The Bertz CT molecular complexity index is 677. The number of aromatic nitrogens is 2. The van der Waals surface area contributed by atoms with E-state index >= 15 is 0 Å². The summed E-state index contributed by atoms with van der Waals surface area (Å²) in [7, 11) is 0. The van der Waals surface area contributed by atoms with E-state index in [-0.39, 0.29) is 12.5 Å². The average Bonchev–Trinajstić information content (AvgIpc) is 3.25. The monoisotopic (exact) mass is 328 g/mol. The van der Waals surface area contributed by atoms with Crippen LogP contribution in [0.4, 0.5) is 0 Å². The van der Waals surface area contributed by atoms with Gasteiger partial charge in [0.05, 0.1) is 6.20 Å². The molecule has 2 N–H and O–H groups in total. The molecule has 3 rings (SSSR count). The number of aryl methyl sites for hydroxylation is 1. The quantitative estimate of drug-likeness (QED) is 0.815. The summed E-state index contributed by atoms with van der Waals surface area (Å²) >= 11 is 0. The van der Waals surface area contributed by atoms with Crippen molar-refractivity contribution in [2.75, 3.05) is 32.8 Å². The first-order chi connectivity index (χ1) is 11.7. The van der Waals surface area contributed by atoms with Crippen LogP contribution in [0.25, 0.3) is 11.1 Å². The lowest BCUT2D eigenvalue weighted by atomic mass is 10.1. The zero-order valence-electron chi connectivity index (χ0n) is 14.0. The molecule has 0 unspecified atom stereocenters. The van der Waals surface area contributed by atoms with E-state index in [9.17, 15) is 4.79 Å². The van der Waals surface area contributed by atoms with Crippen LogP contribution in [0.2, 0.25) is 0 Å². The first kappa shape index (κ1) is 16.5. The van der Waals surface area contributed by atoms with Gasteiger partial charge in [0, 0.05) is 24.3 Å². The molecule has 1 aromatic heterocycles. The maximum Gasteiger partial charge on any atom is 0.257 e. The SMILES string of the molecule is Cc1[nH]ncc1-c1cccc(OCC(=O)NCCN2CCCC2)c1. The van der Waals surface area contributed by atoms with Crippen LogP contribution < -0.4 is 10.1 Å². The highest BCUT2D eigenvalue weighted by atomic mass is 16.5. The largest absolute Gasteiger partial charge is 0.484 e. The molecule has 24 heavy (non-hydrogen) atoms. The van der Waals surface area contributed by atoms with Gasteiger partial charge in [0.1, 0.15) is 5.75 Å². The minimum Gasteiger partial charge on any atom is -0.484 e. The van der Waals surface area contributed by atoms with Gasteiger partial charge in [-0.15, -0.1) is 0 Å². The van der Waals surface area contributed by atoms with Gasteiger partial charge in [-0.25, -0.2) is 0 Å². The molecule has 0 atom stereocenters. The van der Waals surface area contributed by atoms with Crippen LogP contribution in [0.5, 0.6) is 5.75 Å². The Hall–Kier alpha value is -2.34. The van der Waals surface area contributed by atoms with Crippen molar-refractivity contribution in [1.82, 2.24) is 20.4 Å². The number of aromatic amines is 1. The summed E-state index contributed by atoms with van der Waals surface area (Å²) in [6.45, 7) is 5.90. The second kappa shape index (κ2) is 7.97. The number of rotatable bonds is 7. The Morgan fingerprint density at radius 1 is 1.38 bits per heavy atom. The molecule has 128 valence electrons. The summed E-state index contributed by atoms with van der Waals surface area (Å²) in [6, 6.07) is 7.70. The molecule has 0 spiro atoms. The van der Waals surface area contributed by atoms with E-state index in [0.29, 0.717) is 12.3 Å². The van der Waals surface area contributed by atoms with E-state index < -0.39 is 0 Å². The molecule has 1 aromatic carbocycles. The minimum atomic E-state index is -0.0842. The predicted octanol–water partition coefficient (Wildman–Crippen LogP) is 1.98. The summed E-state index contributed by atoms with van der Waals surface area (Å²) in [5.74, 6) is 0.599. The number of H-pyrrole nitrogens is 1. The van der Waals surface area contributed by atoms with Crippen LogP contribution in [-0.2, 0) is 4.79 Å². The van der Waals surface area contributed by atoms with Crippen LogP contribution in [0, 0.1) is 6.92 Å². The van der Waals surface area contributed by atoms with Gasteiger partial charge in [0.15, 0.2) is 6.61 Å². The maximum absolute atomic E-state index is 11.9. The van der Waals surface area contributed by atoms with Crippen LogP contribution in [0.1, 0.15) is 18.5 Å². The molecule has 0 bridgehead atoms. The van der Waals surface area contributed by atoms with Crippen molar-refractivity contribution in [3.05, 3.63) is 36.2 Å². The van der Waals surface area contributed by atoms with E-state index in [1.54, 1.807) is 6.20 Å². The molecule has 0 saturated carbocycles. The number of nitrogens with one attached hydrogen (secondary N) is 2. The van der Waals surface area contributed by atoms with Gasteiger partial charge in [-0.2, -0.15) is 5.10 Å². The van der Waals surface area contributed by atoms with Crippen LogP contribution >= 0.6 is 0 Å². The second-order valence-corrected chi connectivity index (χ2v) is 6.12. The Morgan fingerprint density at radius 3 is 2.96 bits per heavy atom. The van der Waals surface area contributed by atoms with E-state index in [4.69, 9.17) is 4.74 Å². The first-order valence-corrected chi connectivity index (χ1v) is 8.44. The number of likely N-dealkylation sites (tertiary alicyclic amines) is 1. The van der Waals surface area contributed by atoms with E-state index in [0.717, 1.165) is 36.5 Å². The molecule has 0 aliphatic carbocycles. The van der Waals surface area contributed by atoms with Crippen molar-refractivity contribution < 1.29 is 9.53 Å². The fourth-order valence-corrected chi connectivity index (χ4v) is 2.95. The van der Waals surface area contributed by atoms with Crippen molar-refractivity contribution in [3.8, 4) is 16.9 Å². The third-order valence-corrected chi connectivity index (χ3v) is 4.29. The van der Waals surface area contributed by atoms with Crippen molar-refractivity contribution >= 4 is 5.91 Å². The zero-order valence-corrected chi connectivity index (χ0v) is 14.0. The van der Waals surface area contributed by atoms with Crippen molar-refractivity contribution in [3.63, 3.8) is 0 Å². The normalized spacial score (nSPS) is 14.7. The highest BCUT2D eigenvalue weighted by Gasteiger charge is 2.11. The van der Waals surface area contributed by atoms with Gasteiger partial charge < -0.3 is 15.0 Å². The van der Waals surface area contributed by atoms with Gasteiger partial charge in [0.2, 0.25) is 0 Å². The fraction of sp³-hybridized carbons (Fsp3) is 0.444. The molecule has 0 radical (unpaired) electrons. The summed E-state index contributed by atoms with van der Waals surface area (Å²) < 4.78 is 5.61. The van der Waals surface area contributed by atoms with Crippen molar-refractivity contribution in [2.24, 2.45) is 0 Å². The lowest BCUT2D eigenvalue weighted by molar-refractivity contribution is -0.123. The third-order valence-electron chi connectivity index (χ3n) is 4.29. The number of carbonyl (C=O) groups is 1. The van der Waals surface area contributed by atoms with Gasteiger partial charge in [-0.05, 0) is 50.6 Å². The van der Waals surface area contributed by atoms with E-state index in [1.165, 1.54) is 12.8 Å². The predicted molar refractivity (Wildman–Crippen MR) is 92.9 cm³/mol. The molecule has 1 aliphatic rings. The first-order valence-electron chi connectivity index (χ1n) is 8.44. The molecule has 1 saturated heterocycles. The fourth-order valence-electron chi connectivity index (χ4n) is 2.95. The zero-order chi connectivity index (χ0) is 16.8. The molecule has 1 amide bonds. The summed E-state index contributed by atoms with van der Waals surface area (Å²) in [4.78, 5) is 14.3. The minimum absolute atomic E-state index is 0.0355. The average molecular weight is 328 g/mol. The topological polar surface area (TPSA) is 70.2 Å². The number of ether oxygens (including phenoxy) is 1. The molecule has 2 heterocycles. The third kappa shape index (κ3) is 4.35. The van der Waals surface area contributed by atoms with E-state index in [1.807, 2.05) is 31.2 Å². The Balaban J connectivity index is 1.46. The smallest absolute Gasteiger partial charge is 0.257 e. The van der Waals surface area contributed by atoms with Crippen molar-refractivity contribution in [2.45, 2.75) is 19.8 Å². The Labute approximate surface area is 142 Å². The number of nitrogens with zero attached hydrogens (tertiary/aromatic N) is 2. The van der Waals surface area contributed by atoms with Crippen molar-refractivity contribution in [1.29, 1.82) is 0 Å². The number of hydrogen-bond acceptors (Lipinski definition) is 4. The molecule has 1 aliphatic heterocycles. The molecule has 6 nitrogen and oxygen atoms in total. The summed E-state index contributed by atoms with van der Waals surface area (Å²) in [5.41, 5.74) is 3.07. The molecule has 6 heteroatoms. The van der Waals surface area contributed by atoms with Gasteiger partial charge >= 0.3 is 0 Å². The maximum atomic E-state index is 11.9. The molecular formula is C18H24N4O2. The Morgan fingerprint density at radius 2 is 2.21 bits per heavy atom. The molecule has 2 aromatic rings. The number of amides is 1. The van der Waals surface area contributed by atoms with Gasteiger partial charge in [-0.3, -0.25) is 9.89 Å². The number of benzene rings is 1. The summed E-state index contributed by atoms with van der Waals surface area (Å²) in [6.07, 6.45) is 4.33. The molecular weight excluding hydrogens is 304 g/mol. The highest BCUT2D eigenvalue weighted by molar-refractivity contribution is 5.77. The van der Waals surface area contributed by atoms with E-state index in [2.05, 4.69) is 20.4 Å². The Kier molecular flexibility index (Phi) is 5.48. The number of hydrogen-bond donors (Lipinski definition) is 2. The highest BCUT2D eigenvalue weighted by Crippen LogP contribution is 2.25. The number of carbonyl (C=O) groups excluding carboxylic acids is 1.